The van der Waals surface area contributed by atoms with E-state index < -0.39 is 34.1 Å². The molecule has 0 saturated carbocycles. The van der Waals surface area contributed by atoms with E-state index in [1.807, 2.05) is 26.0 Å². The van der Waals surface area contributed by atoms with Crippen molar-refractivity contribution in [2.24, 2.45) is 11.8 Å². The summed E-state index contributed by atoms with van der Waals surface area (Å²) in [7, 11) is 1.38. The number of carbonyl (C=O) groups is 3. The average Bonchev–Trinajstić information content (AvgIpc) is 3.54. The fourth-order valence-electron chi connectivity index (χ4n) is 6.72. The molecular weight excluding hydrogens is 452 g/mol. The number of hydrogen-bond donors (Lipinski definition) is 1. The van der Waals surface area contributed by atoms with Crippen LogP contribution in [0.2, 0.25) is 0 Å². The number of methoxy groups -OCH3 is 1. The predicted octanol–water partition coefficient (Wildman–Crippen LogP) is 2.65. The summed E-state index contributed by atoms with van der Waals surface area (Å²) < 4.78 is 5.36. The number of ether oxygens (including phenoxy) is 1. The summed E-state index contributed by atoms with van der Waals surface area (Å²) in [5, 5.41) is 14.5. The quantitative estimate of drug-likeness (QED) is 0.411. The molecule has 0 aliphatic carbocycles. The zero-order chi connectivity index (χ0) is 24.8. The predicted molar refractivity (Wildman–Crippen MR) is 125 cm³/mol. The van der Waals surface area contributed by atoms with Crippen molar-refractivity contribution in [3.63, 3.8) is 0 Å². The number of rotatable bonds is 3. The van der Waals surface area contributed by atoms with Gasteiger partial charge in [0.15, 0.2) is 0 Å². The third-order valence-electron chi connectivity index (χ3n) is 8.31. The van der Waals surface area contributed by atoms with Gasteiger partial charge in [-0.3, -0.25) is 29.4 Å². The van der Waals surface area contributed by atoms with Gasteiger partial charge in [-0.2, -0.15) is 0 Å². The van der Waals surface area contributed by atoms with Crippen LogP contribution in [0.15, 0.2) is 30.3 Å². The third kappa shape index (κ3) is 2.49. The van der Waals surface area contributed by atoms with E-state index in [1.54, 1.807) is 0 Å². The lowest BCUT2D eigenvalue weighted by Crippen LogP contribution is -2.54. The monoisotopic (exact) mass is 476 g/mol. The van der Waals surface area contributed by atoms with Crippen LogP contribution in [-0.2, 0) is 19.9 Å². The largest absolute Gasteiger partial charge is 0.495 e. The molecule has 6 rings (SSSR count). The van der Waals surface area contributed by atoms with Crippen LogP contribution in [0.3, 0.4) is 0 Å². The number of fused-ring (bicyclic) bond motifs is 7. The average molecular weight is 476 g/mol. The summed E-state index contributed by atoms with van der Waals surface area (Å²) in [6.07, 6.45) is 1.50. The van der Waals surface area contributed by atoms with Crippen molar-refractivity contribution < 1.29 is 24.0 Å². The fourth-order valence-corrected chi connectivity index (χ4v) is 6.72. The number of anilines is 2. The maximum Gasteiger partial charge on any atom is 0.271 e. The van der Waals surface area contributed by atoms with E-state index in [2.05, 4.69) is 10.2 Å². The van der Waals surface area contributed by atoms with Crippen LogP contribution in [0, 0.1) is 35.8 Å². The van der Waals surface area contributed by atoms with E-state index in [0.29, 0.717) is 18.7 Å². The summed E-state index contributed by atoms with van der Waals surface area (Å²) in [6.45, 7) is 4.50. The minimum absolute atomic E-state index is 0.0320. The SMILES string of the molecule is COc1ccc([N+](=O)[O-])cc1N1C(=O)[C@H]2[C@H]3CCCN3[C@]3(C(=O)Nc4c3ccc(C)c4C)[C@@H]2C1=O. The van der Waals surface area contributed by atoms with E-state index in [1.165, 1.54) is 25.3 Å². The molecule has 10 nitrogen and oxygen atoms in total. The lowest BCUT2D eigenvalue weighted by atomic mass is 9.75. The summed E-state index contributed by atoms with van der Waals surface area (Å²) in [5.41, 5.74) is 1.85. The van der Waals surface area contributed by atoms with Crippen molar-refractivity contribution in [1.82, 2.24) is 4.90 Å². The lowest BCUT2D eigenvalue weighted by molar-refractivity contribution is -0.384. The minimum Gasteiger partial charge on any atom is -0.495 e. The van der Waals surface area contributed by atoms with Gasteiger partial charge in [-0.25, -0.2) is 4.90 Å². The molecule has 0 aromatic heterocycles. The van der Waals surface area contributed by atoms with Gasteiger partial charge < -0.3 is 10.1 Å². The van der Waals surface area contributed by atoms with Crippen LogP contribution in [0.25, 0.3) is 0 Å². The van der Waals surface area contributed by atoms with Crippen LogP contribution in [0.5, 0.6) is 5.75 Å². The molecule has 2 aromatic rings. The zero-order valence-corrected chi connectivity index (χ0v) is 19.5. The highest BCUT2D eigenvalue weighted by molar-refractivity contribution is 6.26. The van der Waals surface area contributed by atoms with Gasteiger partial charge in [0.05, 0.1) is 23.9 Å². The van der Waals surface area contributed by atoms with E-state index in [-0.39, 0.29) is 29.1 Å². The Morgan fingerprint density at radius 3 is 2.63 bits per heavy atom. The molecule has 10 heteroatoms. The molecular formula is C25H24N4O6. The maximum atomic E-state index is 14.1. The Labute approximate surface area is 201 Å². The Morgan fingerprint density at radius 2 is 1.91 bits per heavy atom. The number of amides is 3. The lowest BCUT2D eigenvalue weighted by Gasteiger charge is -2.36. The molecule has 0 bridgehead atoms. The molecule has 4 aliphatic heterocycles. The van der Waals surface area contributed by atoms with Crippen LogP contribution < -0.4 is 15.0 Å². The van der Waals surface area contributed by atoms with Gasteiger partial charge in [-0.15, -0.1) is 0 Å². The van der Waals surface area contributed by atoms with Crippen molar-refractivity contribution in [3.8, 4) is 5.75 Å². The molecule has 4 aliphatic rings. The highest BCUT2D eigenvalue weighted by Gasteiger charge is 2.75. The van der Waals surface area contributed by atoms with Gasteiger partial charge in [0.2, 0.25) is 17.7 Å². The van der Waals surface area contributed by atoms with E-state index in [4.69, 9.17) is 4.74 Å². The molecule has 3 amide bonds. The normalized spacial score (nSPS) is 28.9. The Balaban J connectivity index is 1.56. The first-order valence-corrected chi connectivity index (χ1v) is 11.6. The number of hydrogen-bond acceptors (Lipinski definition) is 7. The molecule has 0 radical (unpaired) electrons. The molecule has 1 spiro atoms. The van der Waals surface area contributed by atoms with Gasteiger partial charge in [0.25, 0.3) is 5.69 Å². The molecule has 180 valence electrons. The number of nitro groups is 1. The number of carbonyl (C=O) groups excluding carboxylic acids is 3. The Morgan fingerprint density at radius 1 is 1.14 bits per heavy atom. The molecule has 4 heterocycles. The fraction of sp³-hybridized carbons (Fsp3) is 0.400. The van der Waals surface area contributed by atoms with Gasteiger partial charge in [-0.05, 0) is 50.4 Å². The number of nitro benzene ring substituents is 1. The van der Waals surface area contributed by atoms with Gasteiger partial charge in [0, 0.05) is 29.4 Å². The first-order chi connectivity index (χ1) is 16.7. The van der Waals surface area contributed by atoms with Crippen LogP contribution in [0.1, 0.15) is 29.5 Å². The van der Waals surface area contributed by atoms with Crippen molar-refractivity contribution in [2.45, 2.75) is 38.3 Å². The maximum absolute atomic E-state index is 14.1. The van der Waals surface area contributed by atoms with Crippen LogP contribution in [-0.4, -0.2) is 47.2 Å². The molecule has 35 heavy (non-hydrogen) atoms. The van der Waals surface area contributed by atoms with Crippen molar-refractivity contribution in [1.29, 1.82) is 0 Å². The molecule has 2 aromatic carbocycles. The second-order valence-electron chi connectivity index (χ2n) is 9.68. The topological polar surface area (TPSA) is 122 Å². The Kier molecular flexibility index (Phi) is 4.41. The first-order valence-electron chi connectivity index (χ1n) is 11.6. The summed E-state index contributed by atoms with van der Waals surface area (Å²) in [6, 6.07) is 7.39. The van der Waals surface area contributed by atoms with Gasteiger partial charge in [-0.1, -0.05) is 12.1 Å². The van der Waals surface area contributed by atoms with Gasteiger partial charge >= 0.3 is 0 Å². The smallest absolute Gasteiger partial charge is 0.271 e. The van der Waals surface area contributed by atoms with E-state index in [0.717, 1.165) is 28.0 Å². The number of nitrogens with zero attached hydrogens (tertiary/aromatic N) is 3. The second kappa shape index (κ2) is 7.11. The van der Waals surface area contributed by atoms with Gasteiger partial charge in [0.1, 0.15) is 17.0 Å². The number of imide groups is 1. The zero-order valence-electron chi connectivity index (χ0n) is 19.5. The van der Waals surface area contributed by atoms with Crippen LogP contribution >= 0.6 is 0 Å². The van der Waals surface area contributed by atoms with Crippen molar-refractivity contribution in [2.75, 3.05) is 23.9 Å². The van der Waals surface area contributed by atoms with Crippen molar-refractivity contribution in [3.05, 3.63) is 57.1 Å². The molecule has 4 atom stereocenters. The van der Waals surface area contributed by atoms with Crippen molar-refractivity contribution >= 4 is 34.8 Å². The molecule has 3 fully saturated rings. The highest BCUT2D eigenvalue weighted by Crippen LogP contribution is 2.61. The second-order valence-corrected chi connectivity index (χ2v) is 9.68. The molecule has 3 saturated heterocycles. The third-order valence-corrected chi connectivity index (χ3v) is 8.31. The number of nitrogens with one attached hydrogen (secondary N) is 1. The summed E-state index contributed by atoms with van der Waals surface area (Å²) >= 11 is 0. The van der Waals surface area contributed by atoms with E-state index >= 15 is 0 Å². The Bertz CT molecular complexity index is 1360. The summed E-state index contributed by atoms with van der Waals surface area (Å²) in [5.74, 6) is -2.76. The molecule has 1 N–H and O–H groups in total. The summed E-state index contributed by atoms with van der Waals surface area (Å²) in [4.78, 5) is 55.7. The highest BCUT2D eigenvalue weighted by atomic mass is 16.6. The number of benzene rings is 2. The molecule has 0 unspecified atom stereocenters. The standard InChI is InChI=1S/C25H24N4O6/c1-12-6-8-15-21(13(12)2)26-24(32)25(15)20-19(16-5-4-10-27(16)25)22(30)28(23(20)31)17-11-14(29(33)34)7-9-18(17)35-3/h6-9,11,16,19-20H,4-5,10H2,1-3H3,(H,26,32)/t16-,19+,20+,25+/m1/s1. The minimum atomic E-state index is -1.30. The number of aryl methyl sites for hydroxylation is 1. The van der Waals surface area contributed by atoms with Crippen LogP contribution in [0.4, 0.5) is 17.1 Å². The number of non-ortho nitro benzene ring substituents is 1. The first kappa shape index (κ1) is 21.7. The Hall–Kier alpha value is -3.79. The van der Waals surface area contributed by atoms with E-state index in [9.17, 15) is 24.5 Å².